The minimum Gasteiger partial charge on any atom is -0.353 e. The number of nitrogens with one attached hydrogen (secondary N) is 1. The third-order valence-corrected chi connectivity index (χ3v) is 2.26. The Morgan fingerprint density at radius 1 is 1.47 bits per heavy atom. The van der Waals surface area contributed by atoms with Crippen LogP contribution >= 0.6 is 12.4 Å². The first-order valence-electron chi connectivity index (χ1n) is 5.36. The molecule has 1 aromatic carbocycles. The number of hydrogen-bond donors (Lipinski definition) is 2. The summed E-state index contributed by atoms with van der Waals surface area (Å²) in [5, 5.41) is 2.77. The van der Waals surface area contributed by atoms with Crippen LogP contribution in [0.25, 0.3) is 0 Å². The van der Waals surface area contributed by atoms with Gasteiger partial charge in [0.2, 0.25) is 5.91 Å². The molecule has 1 rings (SSSR count). The lowest BCUT2D eigenvalue weighted by atomic mass is 10.1. The van der Waals surface area contributed by atoms with Gasteiger partial charge < -0.3 is 11.1 Å². The average molecular weight is 261 g/mol. The maximum absolute atomic E-state index is 13.3. The highest BCUT2D eigenvalue weighted by atomic mass is 35.5. The van der Waals surface area contributed by atoms with Crippen LogP contribution in [0, 0.1) is 5.82 Å². The second kappa shape index (κ2) is 8.03. The zero-order valence-corrected chi connectivity index (χ0v) is 10.6. The molecular weight excluding hydrogens is 243 g/mol. The number of rotatable bonds is 5. The van der Waals surface area contributed by atoms with E-state index >= 15 is 0 Å². The lowest BCUT2D eigenvalue weighted by Crippen LogP contribution is -2.35. The van der Waals surface area contributed by atoms with Crippen LogP contribution in [0.5, 0.6) is 0 Å². The monoisotopic (exact) mass is 260 g/mol. The largest absolute Gasteiger partial charge is 0.353 e. The highest BCUT2D eigenvalue weighted by molar-refractivity contribution is 5.85. The predicted octanol–water partition coefficient (Wildman–Crippen LogP) is 1.64. The van der Waals surface area contributed by atoms with Crippen LogP contribution in [-0.2, 0) is 11.2 Å². The van der Waals surface area contributed by atoms with Gasteiger partial charge in [0.1, 0.15) is 5.82 Å². The van der Waals surface area contributed by atoms with Crippen LogP contribution in [0.4, 0.5) is 4.39 Å². The summed E-state index contributed by atoms with van der Waals surface area (Å²) in [5.74, 6) is -0.325. The number of carbonyl (C=O) groups excluding carboxylic acids is 1. The lowest BCUT2D eigenvalue weighted by molar-refractivity contribution is -0.121. The number of amides is 1. The third kappa shape index (κ3) is 5.65. The van der Waals surface area contributed by atoms with Crippen LogP contribution in [0.2, 0.25) is 0 Å². The van der Waals surface area contributed by atoms with Crippen LogP contribution in [-0.4, -0.2) is 18.5 Å². The van der Waals surface area contributed by atoms with E-state index in [1.807, 2.05) is 6.92 Å². The van der Waals surface area contributed by atoms with E-state index in [1.165, 1.54) is 6.07 Å². The SMILES string of the molecule is CC(Cc1ccccc1F)NC(=O)CCN.Cl. The fraction of sp³-hybridized carbons (Fsp3) is 0.417. The van der Waals surface area contributed by atoms with Gasteiger partial charge in [0.15, 0.2) is 0 Å². The Balaban J connectivity index is 0.00000256. The van der Waals surface area contributed by atoms with Crippen molar-refractivity contribution in [3.05, 3.63) is 35.6 Å². The molecule has 1 amide bonds. The summed E-state index contributed by atoms with van der Waals surface area (Å²) in [6.07, 6.45) is 0.796. The highest BCUT2D eigenvalue weighted by Gasteiger charge is 2.09. The van der Waals surface area contributed by atoms with Gasteiger partial charge in [-0.05, 0) is 25.0 Å². The molecule has 0 spiro atoms. The number of nitrogens with two attached hydrogens (primary N) is 1. The maximum atomic E-state index is 13.3. The standard InChI is InChI=1S/C12H17FN2O.ClH/c1-9(15-12(16)6-7-14)8-10-4-2-3-5-11(10)13;/h2-5,9H,6-8,14H2,1H3,(H,15,16);1H. The first kappa shape index (κ1) is 15.9. The van der Waals surface area contributed by atoms with Gasteiger partial charge in [0.05, 0.1) is 0 Å². The summed E-state index contributed by atoms with van der Waals surface area (Å²) in [5.41, 5.74) is 5.87. The third-order valence-electron chi connectivity index (χ3n) is 2.26. The zero-order valence-electron chi connectivity index (χ0n) is 9.78. The van der Waals surface area contributed by atoms with Gasteiger partial charge in [-0.3, -0.25) is 4.79 Å². The topological polar surface area (TPSA) is 55.1 Å². The summed E-state index contributed by atoms with van der Waals surface area (Å²) in [6.45, 7) is 2.18. The van der Waals surface area contributed by atoms with E-state index in [-0.39, 0.29) is 30.2 Å². The Morgan fingerprint density at radius 3 is 2.71 bits per heavy atom. The minimum absolute atomic E-state index is 0. The second-order valence-electron chi connectivity index (χ2n) is 3.80. The summed E-state index contributed by atoms with van der Waals surface area (Å²) in [4.78, 5) is 11.2. The van der Waals surface area contributed by atoms with Gasteiger partial charge in [-0.1, -0.05) is 18.2 Å². The summed E-state index contributed by atoms with van der Waals surface area (Å²) in [7, 11) is 0. The first-order valence-corrected chi connectivity index (χ1v) is 5.36. The molecular formula is C12H18ClFN2O. The Morgan fingerprint density at radius 2 is 2.12 bits per heavy atom. The van der Waals surface area contributed by atoms with E-state index in [9.17, 15) is 9.18 Å². The normalized spacial score (nSPS) is 11.5. The molecule has 0 bridgehead atoms. The molecule has 0 aromatic heterocycles. The molecule has 1 atom stereocenters. The predicted molar refractivity (Wildman–Crippen MR) is 68.6 cm³/mol. The van der Waals surface area contributed by atoms with E-state index in [0.29, 0.717) is 24.9 Å². The summed E-state index contributed by atoms with van der Waals surface area (Å²) >= 11 is 0. The van der Waals surface area contributed by atoms with Crippen molar-refractivity contribution in [2.75, 3.05) is 6.54 Å². The Hall–Kier alpha value is -1.13. The fourth-order valence-corrected chi connectivity index (χ4v) is 1.52. The van der Waals surface area contributed by atoms with Crippen molar-refractivity contribution in [3.8, 4) is 0 Å². The van der Waals surface area contributed by atoms with Crippen LogP contribution < -0.4 is 11.1 Å². The van der Waals surface area contributed by atoms with Crippen molar-refractivity contribution < 1.29 is 9.18 Å². The fourth-order valence-electron chi connectivity index (χ4n) is 1.52. The van der Waals surface area contributed by atoms with Crippen LogP contribution in [0.15, 0.2) is 24.3 Å². The van der Waals surface area contributed by atoms with Gasteiger partial charge in [-0.15, -0.1) is 12.4 Å². The summed E-state index contributed by atoms with van der Waals surface area (Å²) < 4.78 is 13.3. The van der Waals surface area contributed by atoms with Gasteiger partial charge in [0.25, 0.3) is 0 Å². The quantitative estimate of drug-likeness (QED) is 0.846. The van der Waals surface area contributed by atoms with Gasteiger partial charge in [-0.2, -0.15) is 0 Å². The summed E-state index contributed by atoms with van der Waals surface area (Å²) in [6, 6.07) is 6.49. The molecule has 0 aliphatic rings. The molecule has 0 saturated heterocycles. The molecule has 17 heavy (non-hydrogen) atoms. The first-order chi connectivity index (χ1) is 7.63. The maximum Gasteiger partial charge on any atom is 0.221 e. The van der Waals surface area contributed by atoms with E-state index < -0.39 is 0 Å². The van der Waals surface area contributed by atoms with E-state index in [0.717, 1.165) is 0 Å². The van der Waals surface area contributed by atoms with E-state index in [4.69, 9.17) is 5.73 Å². The number of halogens is 2. The van der Waals surface area contributed by atoms with Crippen molar-refractivity contribution >= 4 is 18.3 Å². The molecule has 0 aliphatic heterocycles. The zero-order chi connectivity index (χ0) is 12.0. The molecule has 0 heterocycles. The number of hydrogen-bond acceptors (Lipinski definition) is 2. The molecule has 0 aliphatic carbocycles. The number of benzene rings is 1. The highest BCUT2D eigenvalue weighted by Crippen LogP contribution is 2.08. The molecule has 96 valence electrons. The molecule has 5 heteroatoms. The Labute approximate surface area is 107 Å². The van der Waals surface area contributed by atoms with E-state index in [1.54, 1.807) is 18.2 Å². The molecule has 3 nitrogen and oxygen atoms in total. The Bertz CT molecular complexity index is 360. The van der Waals surface area contributed by atoms with Crippen LogP contribution in [0.3, 0.4) is 0 Å². The molecule has 1 aromatic rings. The Kier molecular flexibility index (Phi) is 7.50. The minimum atomic E-state index is -0.234. The molecule has 3 N–H and O–H groups in total. The molecule has 1 unspecified atom stereocenters. The van der Waals surface area contributed by atoms with Crippen LogP contribution in [0.1, 0.15) is 18.9 Å². The molecule has 0 radical (unpaired) electrons. The van der Waals surface area contributed by atoms with Crippen molar-refractivity contribution in [3.63, 3.8) is 0 Å². The van der Waals surface area contributed by atoms with Crippen molar-refractivity contribution in [1.82, 2.24) is 5.32 Å². The average Bonchev–Trinajstić information content (AvgIpc) is 2.21. The van der Waals surface area contributed by atoms with Crippen molar-refractivity contribution in [2.45, 2.75) is 25.8 Å². The second-order valence-corrected chi connectivity index (χ2v) is 3.80. The smallest absolute Gasteiger partial charge is 0.221 e. The number of carbonyl (C=O) groups is 1. The molecule has 0 fully saturated rings. The van der Waals surface area contributed by atoms with Gasteiger partial charge in [0, 0.05) is 19.0 Å². The van der Waals surface area contributed by atoms with Crippen molar-refractivity contribution in [1.29, 1.82) is 0 Å². The molecule has 0 saturated carbocycles. The van der Waals surface area contributed by atoms with E-state index in [2.05, 4.69) is 5.32 Å². The van der Waals surface area contributed by atoms with Crippen molar-refractivity contribution in [2.24, 2.45) is 5.73 Å². The van der Waals surface area contributed by atoms with Gasteiger partial charge in [-0.25, -0.2) is 4.39 Å². The van der Waals surface area contributed by atoms with Gasteiger partial charge >= 0.3 is 0 Å². The lowest BCUT2D eigenvalue weighted by Gasteiger charge is -2.14.